The zero-order valence-corrected chi connectivity index (χ0v) is 16.6. The van der Waals surface area contributed by atoms with Gasteiger partial charge in [0.05, 0.1) is 6.54 Å². The number of carbonyl (C=O) groups is 3. The van der Waals surface area contributed by atoms with Crippen molar-refractivity contribution in [2.45, 2.75) is 13.8 Å². The second kappa shape index (κ2) is 8.79. The van der Waals surface area contributed by atoms with Gasteiger partial charge in [0.1, 0.15) is 5.58 Å². The van der Waals surface area contributed by atoms with Gasteiger partial charge in [0.15, 0.2) is 6.61 Å². The molecule has 1 aromatic heterocycles. The molecular formula is C21H19ClN2O5. The van der Waals surface area contributed by atoms with Crippen LogP contribution in [0.1, 0.15) is 21.7 Å². The summed E-state index contributed by atoms with van der Waals surface area (Å²) in [4.78, 5) is 35.9. The van der Waals surface area contributed by atoms with Gasteiger partial charge in [0.25, 0.3) is 5.91 Å². The molecule has 0 saturated carbocycles. The monoisotopic (exact) mass is 414 g/mol. The van der Waals surface area contributed by atoms with Crippen molar-refractivity contribution < 1.29 is 23.5 Å². The molecule has 150 valence electrons. The lowest BCUT2D eigenvalue weighted by Gasteiger charge is -2.11. The van der Waals surface area contributed by atoms with Gasteiger partial charge >= 0.3 is 5.97 Å². The maximum absolute atomic E-state index is 12.0. The Bertz CT molecular complexity index is 1090. The van der Waals surface area contributed by atoms with E-state index in [1.165, 1.54) is 6.07 Å². The Morgan fingerprint density at radius 3 is 2.66 bits per heavy atom. The average molecular weight is 415 g/mol. The smallest absolute Gasteiger partial charge is 0.374 e. The van der Waals surface area contributed by atoms with Crippen molar-refractivity contribution in [2.24, 2.45) is 0 Å². The maximum Gasteiger partial charge on any atom is 0.374 e. The summed E-state index contributed by atoms with van der Waals surface area (Å²) < 4.78 is 10.3. The minimum absolute atomic E-state index is 0.0391. The number of amides is 2. The van der Waals surface area contributed by atoms with Gasteiger partial charge in [-0.1, -0.05) is 23.7 Å². The SMILES string of the molecule is Cc1cccc(NC(=O)CNC(=O)COC(=O)c2cc3cc(Cl)ccc3o2)c1C. The number of esters is 1. The molecule has 2 N–H and O–H groups in total. The van der Waals surface area contributed by atoms with E-state index in [-0.39, 0.29) is 18.2 Å². The van der Waals surface area contributed by atoms with Crippen LogP contribution in [-0.2, 0) is 14.3 Å². The normalized spacial score (nSPS) is 10.6. The van der Waals surface area contributed by atoms with E-state index in [0.717, 1.165) is 11.1 Å². The first-order chi connectivity index (χ1) is 13.8. The summed E-state index contributed by atoms with van der Waals surface area (Å²) >= 11 is 5.89. The van der Waals surface area contributed by atoms with Crippen LogP contribution in [0.4, 0.5) is 5.69 Å². The number of nitrogens with one attached hydrogen (secondary N) is 2. The third-order valence-corrected chi connectivity index (χ3v) is 4.57. The molecule has 0 bridgehead atoms. The Labute approximate surface area is 172 Å². The van der Waals surface area contributed by atoms with Crippen molar-refractivity contribution >= 4 is 46.0 Å². The first-order valence-corrected chi connectivity index (χ1v) is 9.20. The third kappa shape index (κ3) is 5.14. The van der Waals surface area contributed by atoms with Gasteiger partial charge in [-0.2, -0.15) is 0 Å². The zero-order valence-electron chi connectivity index (χ0n) is 15.9. The van der Waals surface area contributed by atoms with Crippen LogP contribution in [0.25, 0.3) is 11.0 Å². The second-order valence-corrected chi connectivity index (χ2v) is 6.88. The van der Waals surface area contributed by atoms with E-state index in [1.807, 2.05) is 26.0 Å². The molecule has 0 fully saturated rings. The molecular weight excluding hydrogens is 396 g/mol. The van der Waals surface area contributed by atoms with Crippen molar-refractivity contribution in [1.29, 1.82) is 0 Å². The Morgan fingerprint density at radius 2 is 1.86 bits per heavy atom. The molecule has 0 aliphatic rings. The molecule has 29 heavy (non-hydrogen) atoms. The molecule has 2 aromatic carbocycles. The molecule has 0 saturated heterocycles. The molecule has 2 amide bonds. The van der Waals surface area contributed by atoms with Crippen molar-refractivity contribution in [3.8, 4) is 0 Å². The van der Waals surface area contributed by atoms with Crippen molar-refractivity contribution in [1.82, 2.24) is 5.32 Å². The van der Waals surface area contributed by atoms with Gasteiger partial charge in [-0.15, -0.1) is 0 Å². The first kappa shape index (κ1) is 20.4. The minimum Gasteiger partial charge on any atom is -0.450 e. The van der Waals surface area contributed by atoms with E-state index in [1.54, 1.807) is 24.3 Å². The minimum atomic E-state index is -0.785. The highest BCUT2D eigenvalue weighted by molar-refractivity contribution is 6.31. The number of anilines is 1. The third-order valence-electron chi connectivity index (χ3n) is 4.34. The van der Waals surface area contributed by atoms with E-state index in [9.17, 15) is 14.4 Å². The number of furan rings is 1. The van der Waals surface area contributed by atoms with Crippen molar-refractivity contribution in [3.63, 3.8) is 0 Å². The molecule has 0 unspecified atom stereocenters. The van der Waals surface area contributed by atoms with Crippen molar-refractivity contribution in [3.05, 3.63) is 64.4 Å². The summed E-state index contributed by atoms with van der Waals surface area (Å²) in [6.45, 7) is 3.06. The van der Waals surface area contributed by atoms with Crippen LogP contribution in [0.5, 0.6) is 0 Å². The predicted molar refractivity (Wildman–Crippen MR) is 109 cm³/mol. The summed E-state index contributed by atoms with van der Waals surface area (Å²) in [5.41, 5.74) is 3.16. The number of hydrogen-bond acceptors (Lipinski definition) is 5. The number of benzene rings is 2. The van der Waals surface area contributed by atoms with Gasteiger partial charge < -0.3 is 19.8 Å². The lowest BCUT2D eigenvalue weighted by molar-refractivity contribution is -0.126. The number of fused-ring (bicyclic) bond motifs is 1. The number of aryl methyl sites for hydroxylation is 1. The van der Waals surface area contributed by atoms with Crippen LogP contribution in [0, 0.1) is 13.8 Å². The summed E-state index contributed by atoms with van der Waals surface area (Å²) in [7, 11) is 0. The fourth-order valence-corrected chi connectivity index (χ4v) is 2.81. The van der Waals surface area contributed by atoms with Gasteiger partial charge in [-0.25, -0.2) is 4.79 Å². The number of hydrogen-bond donors (Lipinski definition) is 2. The Kier molecular flexibility index (Phi) is 6.19. The molecule has 0 atom stereocenters. The average Bonchev–Trinajstić information content (AvgIpc) is 3.11. The molecule has 3 rings (SSSR count). The Morgan fingerprint density at radius 1 is 1.07 bits per heavy atom. The van der Waals surface area contributed by atoms with Crippen LogP contribution in [0.15, 0.2) is 46.9 Å². The van der Waals surface area contributed by atoms with Crippen molar-refractivity contribution in [2.75, 3.05) is 18.5 Å². The molecule has 8 heteroatoms. The molecule has 0 radical (unpaired) electrons. The number of halogens is 1. The van der Waals surface area contributed by atoms with Crippen LogP contribution < -0.4 is 10.6 Å². The van der Waals surface area contributed by atoms with E-state index in [2.05, 4.69) is 10.6 Å². The zero-order chi connectivity index (χ0) is 21.0. The predicted octanol–water partition coefficient (Wildman–Crippen LogP) is 3.61. The van der Waals surface area contributed by atoms with E-state index < -0.39 is 18.5 Å². The molecule has 0 aliphatic carbocycles. The van der Waals surface area contributed by atoms with Gasteiger partial charge in [0, 0.05) is 16.1 Å². The summed E-state index contributed by atoms with van der Waals surface area (Å²) in [5, 5.41) is 6.29. The molecule has 3 aromatic rings. The molecule has 7 nitrogen and oxygen atoms in total. The highest BCUT2D eigenvalue weighted by atomic mass is 35.5. The maximum atomic E-state index is 12.0. The number of ether oxygens (including phenoxy) is 1. The van der Waals surface area contributed by atoms with Crippen LogP contribution in [0.3, 0.4) is 0 Å². The quantitative estimate of drug-likeness (QED) is 0.600. The lowest BCUT2D eigenvalue weighted by atomic mass is 10.1. The number of rotatable bonds is 6. The van der Waals surface area contributed by atoms with E-state index in [4.69, 9.17) is 20.8 Å². The van der Waals surface area contributed by atoms with Crippen LogP contribution in [-0.4, -0.2) is 30.9 Å². The van der Waals surface area contributed by atoms with Gasteiger partial charge in [0.2, 0.25) is 11.7 Å². The lowest BCUT2D eigenvalue weighted by Crippen LogP contribution is -2.35. The summed E-state index contributed by atoms with van der Waals surface area (Å²) in [6, 6.07) is 12.0. The van der Waals surface area contributed by atoms with Gasteiger partial charge in [-0.3, -0.25) is 9.59 Å². The largest absolute Gasteiger partial charge is 0.450 e. The molecule has 0 aliphatic heterocycles. The topological polar surface area (TPSA) is 97.6 Å². The Hall–Kier alpha value is -3.32. The van der Waals surface area contributed by atoms with Gasteiger partial charge in [-0.05, 0) is 55.3 Å². The summed E-state index contributed by atoms with van der Waals surface area (Å²) in [5.74, 6) is -1.81. The Balaban J connectivity index is 1.47. The molecule has 1 heterocycles. The fourth-order valence-electron chi connectivity index (χ4n) is 2.63. The standard InChI is InChI=1S/C21H19ClN2O5/c1-12-4-3-5-16(13(12)2)24-19(25)10-23-20(26)11-28-21(27)18-9-14-8-15(22)6-7-17(14)29-18/h3-9H,10-11H2,1-2H3,(H,23,26)(H,24,25). The van der Waals surface area contributed by atoms with E-state index in [0.29, 0.717) is 21.7 Å². The number of carbonyl (C=O) groups excluding carboxylic acids is 3. The highest BCUT2D eigenvalue weighted by Gasteiger charge is 2.16. The summed E-state index contributed by atoms with van der Waals surface area (Å²) in [6.07, 6.45) is 0. The fraction of sp³-hybridized carbons (Fsp3) is 0.190. The first-order valence-electron chi connectivity index (χ1n) is 8.82. The van der Waals surface area contributed by atoms with Crippen LogP contribution in [0.2, 0.25) is 5.02 Å². The van der Waals surface area contributed by atoms with Crippen LogP contribution >= 0.6 is 11.6 Å². The highest BCUT2D eigenvalue weighted by Crippen LogP contribution is 2.23. The second-order valence-electron chi connectivity index (χ2n) is 6.44. The molecule has 0 spiro atoms. The van der Waals surface area contributed by atoms with E-state index >= 15 is 0 Å².